The van der Waals surface area contributed by atoms with Crippen LogP contribution in [0.15, 0.2) is 64.0 Å². The summed E-state index contributed by atoms with van der Waals surface area (Å²) in [6.45, 7) is 5.88. The summed E-state index contributed by atoms with van der Waals surface area (Å²) in [5.41, 5.74) is 1.47. The van der Waals surface area contributed by atoms with Crippen LogP contribution in [-0.4, -0.2) is 60.1 Å². The molecule has 0 unspecified atom stereocenters. The van der Waals surface area contributed by atoms with Gasteiger partial charge in [0.2, 0.25) is 0 Å². The topological polar surface area (TPSA) is 138 Å². The average molecular weight is 554 g/mol. The number of pyridine rings is 1. The van der Waals surface area contributed by atoms with E-state index in [2.05, 4.69) is 25.5 Å². The maximum Gasteiger partial charge on any atom is 0.333 e. The number of carbonyl (C=O) groups is 1. The number of anilines is 2. The average Bonchev–Trinajstić information content (AvgIpc) is 3.57. The van der Waals surface area contributed by atoms with Crippen LogP contribution in [0.4, 0.5) is 16.2 Å². The monoisotopic (exact) mass is 553 g/mol. The zero-order valence-corrected chi connectivity index (χ0v) is 22.3. The number of nitrogens with one attached hydrogen (secondary N) is 3. The highest BCUT2D eigenvalue weighted by Gasteiger charge is 2.19. The number of aryl methyl sites for hydroxylation is 1. The molecule has 1 aliphatic heterocycles. The van der Waals surface area contributed by atoms with E-state index < -0.39 is 16.1 Å². The molecule has 1 aliphatic rings. The molecular weight excluding hydrogens is 526 g/mol. The highest BCUT2D eigenvalue weighted by atomic mass is 32.2. The molecule has 5 rings (SSSR count). The van der Waals surface area contributed by atoms with Crippen molar-refractivity contribution in [2.75, 3.05) is 36.8 Å². The molecule has 4 aromatic rings. The molecule has 3 aromatic heterocycles. The summed E-state index contributed by atoms with van der Waals surface area (Å²) < 4.78 is 28.0. The van der Waals surface area contributed by atoms with Gasteiger partial charge in [-0.25, -0.2) is 27.9 Å². The molecule has 0 radical (unpaired) electrons. The maximum absolute atomic E-state index is 13.1. The molecule has 1 aromatic carbocycles. The SMILES string of the molecule is Cc1ccc(S(=O)(=O)NC(=O)Nc2ccc(-n3cnc4cc(NCCN5CCCC5)ccc4c3=O)nc2)s1. The van der Waals surface area contributed by atoms with E-state index in [1.54, 1.807) is 19.1 Å². The van der Waals surface area contributed by atoms with Gasteiger partial charge in [-0.05, 0) is 75.3 Å². The van der Waals surface area contributed by atoms with Crippen LogP contribution in [-0.2, 0) is 10.0 Å². The van der Waals surface area contributed by atoms with Gasteiger partial charge in [0.05, 0.1) is 22.8 Å². The summed E-state index contributed by atoms with van der Waals surface area (Å²) >= 11 is 1.07. The third kappa shape index (κ3) is 5.85. The number of amides is 2. The lowest BCUT2D eigenvalue weighted by atomic mass is 10.2. The van der Waals surface area contributed by atoms with Gasteiger partial charge in [-0.15, -0.1) is 11.3 Å². The lowest BCUT2D eigenvalue weighted by molar-refractivity contribution is 0.256. The van der Waals surface area contributed by atoms with Crippen molar-refractivity contribution in [3.8, 4) is 5.82 Å². The van der Waals surface area contributed by atoms with E-state index in [0.29, 0.717) is 16.7 Å². The van der Waals surface area contributed by atoms with Crippen LogP contribution >= 0.6 is 11.3 Å². The first-order valence-corrected chi connectivity index (χ1v) is 14.4. The quantitative estimate of drug-likeness (QED) is 0.303. The number of likely N-dealkylation sites (tertiary alicyclic amines) is 1. The lowest BCUT2D eigenvalue weighted by Gasteiger charge is -2.15. The minimum absolute atomic E-state index is 0.0479. The van der Waals surface area contributed by atoms with Gasteiger partial charge < -0.3 is 15.5 Å². The molecule has 3 N–H and O–H groups in total. The Morgan fingerprint density at radius 3 is 2.55 bits per heavy atom. The fraction of sp³-hybridized carbons (Fsp3) is 0.280. The Bertz CT molecular complexity index is 1630. The normalized spacial score (nSPS) is 14.0. The molecule has 1 saturated heterocycles. The van der Waals surface area contributed by atoms with Gasteiger partial charge in [0.1, 0.15) is 16.4 Å². The maximum atomic E-state index is 13.1. The van der Waals surface area contributed by atoms with Gasteiger partial charge in [0.25, 0.3) is 15.6 Å². The second kappa shape index (κ2) is 10.9. The van der Waals surface area contributed by atoms with E-state index in [9.17, 15) is 18.0 Å². The van der Waals surface area contributed by atoms with Crippen LogP contribution < -0.4 is 20.9 Å². The molecule has 0 spiro atoms. The van der Waals surface area contributed by atoms with Gasteiger partial charge in [0, 0.05) is 23.7 Å². The lowest BCUT2D eigenvalue weighted by Crippen LogP contribution is -2.34. The number of aromatic nitrogens is 3. The van der Waals surface area contributed by atoms with Crippen molar-refractivity contribution in [2.45, 2.75) is 24.0 Å². The zero-order chi connectivity index (χ0) is 26.7. The minimum Gasteiger partial charge on any atom is -0.384 e. The smallest absolute Gasteiger partial charge is 0.333 e. The van der Waals surface area contributed by atoms with Crippen LogP contribution in [0.2, 0.25) is 0 Å². The van der Waals surface area contributed by atoms with E-state index in [-0.39, 0.29) is 15.5 Å². The van der Waals surface area contributed by atoms with E-state index >= 15 is 0 Å². The number of fused-ring (bicyclic) bond motifs is 1. The van der Waals surface area contributed by atoms with E-state index in [1.165, 1.54) is 48.1 Å². The second-order valence-electron chi connectivity index (χ2n) is 8.96. The van der Waals surface area contributed by atoms with Gasteiger partial charge in [-0.3, -0.25) is 9.36 Å². The van der Waals surface area contributed by atoms with Crippen LogP contribution in [0.25, 0.3) is 16.7 Å². The fourth-order valence-corrected chi connectivity index (χ4v) is 6.44. The summed E-state index contributed by atoms with van der Waals surface area (Å²) in [4.78, 5) is 37.2. The number of hydrogen-bond acceptors (Lipinski definition) is 9. The Hall–Kier alpha value is -3.81. The van der Waals surface area contributed by atoms with Crippen LogP contribution in [0.3, 0.4) is 0 Å². The number of hydrogen-bond donors (Lipinski definition) is 3. The highest BCUT2D eigenvalue weighted by molar-refractivity contribution is 7.92. The number of nitrogens with zero attached hydrogens (tertiary/aromatic N) is 4. The molecule has 0 bridgehead atoms. The van der Waals surface area contributed by atoms with Crippen molar-refractivity contribution in [3.05, 3.63) is 70.2 Å². The number of sulfonamides is 1. The third-order valence-corrected chi connectivity index (χ3v) is 9.00. The van der Waals surface area contributed by atoms with Crippen LogP contribution in [0.1, 0.15) is 17.7 Å². The summed E-state index contributed by atoms with van der Waals surface area (Å²) in [6.07, 6.45) is 5.27. The molecule has 0 saturated carbocycles. The van der Waals surface area contributed by atoms with Crippen molar-refractivity contribution in [1.29, 1.82) is 0 Å². The molecule has 1 fully saturated rings. The van der Waals surface area contributed by atoms with Crippen LogP contribution in [0.5, 0.6) is 0 Å². The molecule has 0 aliphatic carbocycles. The number of rotatable bonds is 8. The summed E-state index contributed by atoms with van der Waals surface area (Å²) in [6, 6.07) is 10.7. The minimum atomic E-state index is -3.97. The first kappa shape index (κ1) is 25.8. The predicted octanol–water partition coefficient (Wildman–Crippen LogP) is 3.17. The molecule has 13 heteroatoms. The molecule has 4 heterocycles. The third-order valence-electron chi connectivity index (χ3n) is 6.18. The molecular formula is C25H27N7O4S2. The number of urea groups is 1. The molecule has 198 valence electrons. The Morgan fingerprint density at radius 1 is 1.05 bits per heavy atom. The second-order valence-corrected chi connectivity index (χ2v) is 12.2. The van der Waals surface area contributed by atoms with Gasteiger partial charge in [-0.1, -0.05) is 0 Å². The van der Waals surface area contributed by atoms with Crippen molar-refractivity contribution in [2.24, 2.45) is 0 Å². The first-order chi connectivity index (χ1) is 18.3. The first-order valence-electron chi connectivity index (χ1n) is 12.1. The summed E-state index contributed by atoms with van der Waals surface area (Å²) in [7, 11) is -3.97. The van der Waals surface area contributed by atoms with Gasteiger partial charge >= 0.3 is 6.03 Å². The summed E-state index contributed by atoms with van der Waals surface area (Å²) in [5.74, 6) is 0.310. The number of carbonyl (C=O) groups excluding carboxylic acids is 1. The molecule has 11 nitrogen and oxygen atoms in total. The molecule has 2 amide bonds. The van der Waals surface area contributed by atoms with Crippen molar-refractivity contribution < 1.29 is 13.2 Å². The van der Waals surface area contributed by atoms with Crippen LogP contribution in [0, 0.1) is 6.92 Å². The van der Waals surface area contributed by atoms with Gasteiger partial charge in [-0.2, -0.15) is 0 Å². The van der Waals surface area contributed by atoms with Crippen molar-refractivity contribution in [1.82, 2.24) is 24.2 Å². The highest BCUT2D eigenvalue weighted by Crippen LogP contribution is 2.20. The number of benzene rings is 1. The fourth-order valence-electron chi connectivity index (χ4n) is 4.25. The Kier molecular flexibility index (Phi) is 7.40. The van der Waals surface area contributed by atoms with E-state index in [0.717, 1.165) is 48.1 Å². The number of thiophene rings is 1. The van der Waals surface area contributed by atoms with E-state index in [4.69, 9.17) is 0 Å². The van der Waals surface area contributed by atoms with Crippen molar-refractivity contribution in [3.63, 3.8) is 0 Å². The Morgan fingerprint density at radius 2 is 1.84 bits per heavy atom. The zero-order valence-electron chi connectivity index (χ0n) is 20.7. The van der Waals surface area contributed by atoms with E-state index in [1.807, 2.05) is 16.9 Å². The largest absolute Gasteiger partial charge is 0.384 e. The Balaban J connectivity index is 1.24. The molecule has 38 heavy (non-hydrogen) atoms. The standard InChI is InChI=1S/C25H27N7O4S2/c1-17-4-9-23(37-17)38(35,36)30-25(34)29-19-6-8-22(27-15-19)32-16-28-21-14-18(5-7-20(21)24(32)33)26-10-13-31-11-2-3-12-31/h4-9,14-16,26H,2-3,10-13H2,1H3,(H2,29,30,34). The molecule has 0 atom stereocenters. The Labute approximate surface area is 223 Å². The van der Waals surface area contributed by atoms with Gasteiger partial charge in [0.15, 0.2) is 0 Å². The summed E-state index contributed by atoms with van der Waals surface area (Å²) in [5, 5.41) is 6.29. The van der Waals surface area contributed by atoms with Crippen molar-refractivity contribution >= 4 is 49.7 Å². The predicted molar refractivity (Wildman–Crippen MR) is 148 cm³/mol.